The molecule has 0 aromatic carbocycles. The van der Waals surface area contributed by atoms with Crippen LogP contribution in [0, 0.1) is 23.7 Å². The molecular weight excluding hydrogens is 332 g/mol. The third-order valence-electron chi connectivity index (χ3n) is 6.47. The predicted molar refractivity (Wildman–Crippen MR) is 86.9 cm³/mol. The Balaban J connectivity index is 1.68. The van der Waals surface area contributed by atoms with Crippen LogP contribution in [-0.4, -0.2) is 39.9 Å². The van der Waals surface area contributed by atoms with E-state index in [0.717, 1.165) is 25.7 Å². The third-order valence-corrected chi connectivity index (χ3v) is 7.75. The molecule has 4 saturated heterocycles. The van der Waals surface area contributed by atoms with E-state index in [9.17, 15) is 4.79 Å². The van der Waals surface area contributed by atoms with E-state index in [1.165, 1.54) is 11.8 Å². The molecule has 4 aliphatic heterocycles. The Morgan fingerprint density at radius 2 is 2.00 bits per heavy atom. The number of ether oxygens (including phenoxy) is 2. The van der Waals surface area contributed by atoms with Gasteiger partial charge in [0, 0.05) is 12.3 Å². The molecule has 1 aliphatic carbocycles. The summed E-state index contributed by atoms with van der Waals surface area (Å²) in [5.74, 6) is -0.229. The molecule has 7 heteroatoms. The van der Waals surface area contributed by atoms with E-state index >= 15 is 0 Å². The first kappa shape index (κ1) is 17.1. The monoisotopic (exact) mass is 358 g/mol. The van der Waals surface area contributed by atoms with E-state index in [-0.39, 0.29) is 23.0 Å². The lowest BCUT2D eigenvalue weighted by Gasteiger charge is -2.60. The van der Waals surface area contributed by atoms with Gasteiger partial charge in [-0.25, -0.2) is 9.78 Å². The van der Waals surface area contributed by atoms with Crippen LogP contribution in [0.1, 0.15) is 46.5 Å². The zero-order chi connectivity index (χ0) is 17.1. The molecule has 0 aromatic heterocycles. The van der Waals surface area contributed by atoms with Crippen molar-refractivity contribution in [2.75, 3.05) is 5.75 Å². The summed E-state index contributed by atoms with van der Waals surface area (Å²) in [5.41, 5.74) is -0.754. The highest BCUT2D eigenvalue weighted by Crippen LogP contribution is 2.61. The number of rotatable bonds is 3. The fraction of sp³-hybridized carbons (Fsp3) is 0.941. The number of carboxylic acid groups (broad SMARTS) is 1. The van der Waals surface area contributed by atoms with Crippen molar-refractivity contribution in [1.82, 2.24) is 0 Å². The Kier molecular flexibility index (Phi) is 4.16. The minimum Gasteiger partial charge on any atom is -0.481 e. The van der Waals surface area contributed by atoms with Crippen molar-refractivity contribution >= 4 is 17.7 Å². The molecule has 1 spiro atoms. The van der Waals surface area contributed by atoms with Gasteiger partial charge in [-0.3, -0.25) is 4.79 Å². The van der Waals surface area contributed by atoms with Crippen LogP contribution in [0.4, 0.5) is 0 Å². The summed E-state index contributed by atoms with van der Waals surface area (Å²) in [5, 5.41) is 9.01. The van der Waals surface area contributed by atoms with Crippen LogP contribution in [0.25, 0.3) is 0 Å². The molecule has 1 N–H and O–H groups in total. The Hall–Kier alpha value is -0.340. The van der Waals surface area contributed by atoms with Gasteiger partial charge in [0.1, 0.15) is 5.44 Å². The van der Waals surface area contributed by atoms with Gasteiger partial charge in [-0.2, -0.15) is 0 Å². The van der Waals surface area contributed by atoms with E-state index < -0.39 is 23.6 Å². The SMILES string of the molecule is C[C@H]1[C@@H](SCC(=O)O)O[C@@H]2O[C@@]3(C)CC[C@H]4[C@H](C)CC[C@@H]1[C@@]24OO3. The lowest BCUT2D eigenvalue weighted by atomic mass is 9.58. The average Bonchev–Trinajstić information content (AvgIpc) is 2.76. The second-order valence-corrected chi connectivity index (χ2v) is 9.07. The molecule has 8 atom stereocenters. The first-order valence-corrected chi connectivity index (χ1v) is 9.94. The average molecular weight is 358 g/mol. The van der Waals surface area contributed by atoms with Crippen molar-refractivity contribution in [3.8, 4) is 0 Å². The molecule has 136 valence electrons. The number of thioether (sulfide) groups is 1. The summed E-state index contributed by atoms with van der Waals surface area (Å²) in [7, 11) is 0. The van der Waals surface area contributed by atoms with E-state index in [1.807, 2.05) is 6.92 Å². The topological polar surface area (TPSA) is 74.2 Å². The Morgan fingerprint density at radius 3 is 2.75 bits per heavy atom. The van der Waals surface area contributed by atoms with Crippen molar-refractivity contribution in [3.05, 3.63) is 0 Å². The molecule has 2 bridgehead atoms. The van der Waals surface area contributed by atoms with Crippen LogP contribution >= 0.6 is 11.8 Å². The highest BCUT2D eigenvalue weighted by atomic mass is 32.2. The standard InChI is InChI=1S/C17H26O6S/c1-9-4-5-12-10(2)14(24-8-13(18)19)20-15-17(12)11(9)6-7-16(3,21-15)22-23-17/h9-12,14-15H,4-8H2,1-3H3,(H,18,19)/t9-,10-,11+,12+,14-,15-,16-,17-/m1/s1. The van der Waals surface area contributed by atoms with Crippen LogP contribution in [0.5, 0.6) is 0 Å². The highest BCUT2D eigenvalue weighted by Gasteiger charge is 2.69. The van der Waals surface area contributed by atoms with Gasteiger partial charge in [0.25, 0.3) is 0 Å². The van der Waals surface area contributed by atoms with Crippen LogP contribution in [-0.2, 0) is 24.0 Å². The summed E-state index contributed by atoms with van der Waals surface area (Å²) in [4.78, 5) is 22.8. The zero-order valence-electron chi connectivity index (χ0n) is 14.4. The molecule has 24 heavy (non-hydrogen) atoms. The van der Waals surface area contributed by atoms with Gasteiger partial charge in [-0.1, -0.05) is 13.8 Å². The van der Waals surface area contributed by atoms with Crippen LogP contribution in [0.2, 0.25) is 0 Å². The van der Waals surface area contributed by atoms with Gasteiger partial charge in [0.15, 0.2) is 11.9 Å². The van der Waals surface area contributed by atoms with Crippen LogP contribution in [0.3, 0.4) is 0 Å². The maximum atomic E-state index is 11.0. The van der Waals surface area contributed by atoms with Gasteiger partial charge in [-0.15, -0.1) is 11.8 Å². The van der Waals surface area contributed by atoms with Gasteiger partial charge >= 0.3 is 5.97 Å². The first-order valence-electron chi connectivity index (χ1n) is 8.89. The largest absolute Gasteiger partial charge is 0.481 e. The van der Waals surface area contributed by atoms with Crippen molar-refractivity contribution in [2.45, 2.75) is 69.6 Å². The maximum absolute atomic E-state index is 11.0. The van der Waals surface area contributed by atoms with Crippen molar-refractivity contribution in [3.63, 3.8) is 0 Å². The molecule has 1 saturated carbocycles. The highest BCUT2D eigenvalue weighted by molar-refractivity contribution is 8.00. The Morgan fingerprint density at radius 1 is 1.21 bits per heavy atom. The van der Waals surface area contributed by atoms with E-state index in [1.54, 1.807) is 0 Å². The molecule has 0 aromatic rings. The summed E-state index contributed by atoms with van der Waals surface area (Å²) in [6, 6.07) is 0. The Labute approximate surface area is 146 Å². The number of hydrogen-bond acceptors (Lipinski definition) is 6. The van der Waals surface area contributed by atoms with E-state index in [0.29, 0.717) is 11.8 Å². The normalized spacial score (nSPS) is 53.3. The third kappa shape index (κ3) is 2.43. The minimum atomic E-state index is -0.818. The molecule has 0 radical (unpaired) electrons. The fourth-order valence-electron chi connectivity index (χ4n) is 5.22. The number of aliphatic carboxylic acids is 1. The number of carboxylic acids is 1. The lowest BCUT2D eigenvalue weighted by molar-refractivity contribution is -0.568. The van der Waals surface area contributed by atoms with Gasteiger partial charge in [0.2, 0.25) is 5.79 Å². The van der Waals surface area contributed by atoms with Gasteiger partial charge < -0.3 is 14.6 Å². The zero-order valence-corrected chi connectivity index (χ0v) is 15.2. The molecule has 6 nitrogen and oxygen atoms in total. The molecule has 4 heterocycles. The van der Waals surface area contributed by atoms with Crippen molar-refractivity contribution in [1.29, 1.82) is 0 Å². The summed E-state index contributed by atoms with van der Waals surface area (Å²) in [6.07, 6.45) is 3.50. The van der Waals surface area contributed by atoms with Gasteiger partial charge in [0.05, 0.1) is 5.75 Å². The minimum absolute atomic E-state index is 0.0376. The van der Waals surface area contributed by atoms with Crippen molar-refractivity contribution < 1.29 is 29.1 Å². The predicted octanol–water partition coefficient (Wildman–Crippen LogP) is 3.01. The van der Waals surface area contributed by atoms with E-state index in [2.05, 4.69) is 13.8 Å². The first-order chi connectivity index (χ1) is 11.4. The quantitative estimate of drug-likeness (QED) is 0.777. The van der Waals surface area contributed by atoms with Gasteiger partial charge in [-0.05, 0) is 43.9 Å². The summed E-state index contributed by atoms with van der Waals surface area (Å²) < 4.78 is 12.5. The number of hydrogen-bond donors (Lipinski definition) is 1. The summed E-state index contributed by atoms with van der Waals surface area (Å²) in [6.45, 7) is 6.33. The second kappa shape index (κ2) is 5.84. The number of fused-ring (bicyclic) bond motifs is 2. The van der Waals surface area contributed by atoms with Crippen LogP contribution < -0.4 is 0 Å². The molecule has 5 rings (SSSR count). The second-order valence-electron chi connectivity index (χ2n) is 7.98. The fourth-order valence-corrected chi connectivity index (χ4v) is 6.20. The van der Waals surface area contributed by atoms with E-state index in [4.69, 9.17) is 24.4 Å². The molecule has 5 aliphatic rings. The molecule has 5 fully saturated rings. The van der Waals surface area contributed by atoms with Crippen LogP contribution in [0.15, 0.2) is 0 Å². The summed E-state index contributed by atoms with van der Waals surface area (Å²) >= 11 is 1.35. The van der Waals surface area contributed by atoms with Crippen molar-refractivity contribution in [2.24, 2.45) is 23.7 Å². The Bertz CT molecular complexity index is 529. The maximum Gasteiger partial charge on any atom is 0.313 e. The molecule has 0 amide bonds. The number of carbonyl (C=O) groups is 1. The molecular formula is C17H26O6S. The molecule has 0 unspecified atom stereocenters. The lowest BCUT2D eigenvalue weighted by Crippen LogP contribution is -2.70. The smallest absolute Gasteiger partial charge is 0.313 e.